The Kier molecular flexibility index (Phi) is 1.90. The Bertz CT molecular complexity index is 368. The van der Waals surface area contributed by atoms with Crippen LogP contribution in [0, 0.1) is 34.0 Å². The van der Waals surface area contributed by atoms with Crippen molar-refractivity contribution < 1.29 is 9.53 Å². The first-order chi connectivity index (χ1) is 7.61. The molecule has 3 nitrogen and oxygen atoms in total. The number of ether oxygens (including phenoxy) is 1. The molecule has 3 heteroatoms. The Morgan fingerprint density at radius 3 is 2.44 bits per heavy atom. The molecule has 0 amide bonds. The zero-order chi connectivity index (χ0) is 11.4. The van der Waals surface area contributed by atoms with Crippen LogP contribution in [0.3, 0.4) is 0 Å². The number of nitrogens with zero attached hydrogens (tertiary/aromatic N) is 1. The van der Waals surface area contributed by atoms with Gasteiger partial charge in [0, 0.05) is 0 Å². The monoisotopic (exact) mass is 219 g/mol. The summed E-state index contributed by atoms with van der Waals surface area (Å²) in [4.78, 5) is 12.0. The van der Waals surface area contributed by atoms with Crippen molar-refractivity contribution in [2.24, 2.45) is 22.7 Å². The van der Waals surface area contributed by atoms with Crippen LogP contribution in [0.4, 0.5) is 0 Å². The predicted molar refractivity (Wildman–Crippen MR) is 57.2 cm³/mol. The Hall–Kier alpha value is -1.04. The van der Waals surface area contributed by atoms with E-state index in [1.54, 1.807) is 0 Å². The summed E-state index contributed by atoms with van der Waals surface area (Å²) in [5, 5.41) is 9.40. The van der Waals surface area contributed by atoms with Gasteiger partial charge < -0.3 is 4.74 Å². The van der Waals surface area contributed by atoms with Gasteiger partial charge in [-0.1, -0.05) is 0 Å². The molecule has 86 valence electrons. The highest BCUT2D eigenvalue weighted by Gasteiger charge is 2.61. The van der Waals surface area contributed by atoms with Gasteiger partial charge in [-0.05, 0) is 50.4 Å². The molecule has 0 radical (unpaired) electrons. The van der Waals surface area contributed by atoms with Crippen LogP contribution in [0.15, 0.2) is 0 Å². The molecule has 0 saturated heterocycles. The maximum absolute atomic E-state index is 12.0. The van der Waals surface area contributed by atoms with Crippen molar-refractivity contribution in [2.45, 2.75) is 38.5 Å². The number of nitriles is 1. The number of hydrogen-bond acceptors (Lipinski definition) is 3. The molecule has 4 bridgehead atoms. The maximum atomic E-state index is 12.0. The molecule has 16 heavy (non-hydrogen) atoms. The van der Waals surface area contributed by atoms with E-state index >= 15 is 0 Å². The fraction of sp³-hybridized carbons (Fsp3) is 0.846. The standard InChI is InChI=1S/C13H17NO2/c1-16-11(15)13-5-9-2-10(6-13)4-12(3-9,7-13)8-14/h9-10H,2-7H2,1H3. The van der Waals surface area contributed by atoms with Crippen molar-refractivity contribution >= 4 is 5.97 Å². The molecule has 4 fully saturated rings. The summed E-state index contributed by atoms with van der Waals surface area (Å²) in [5.74, 6) is 1.10. The minimum atomic E-state index is -0.311. The molecule has 2 atom stereocenters. The van der Waals surface area contributed by atoms with Crippen LogP contribution in [-0.4, -0.2) is 13.1 Å². The number of carbonyl (C=O) groups is 1. The lowest BCUT2D eigenvalue weighted by atomic mass is 9.44. The number of methoxy groups -OCH3 is 1. The molecule has 0 aliphatic heterocycles. The fourth-order valence-corrected chi connectivity index (χ4v) is 4.85. The Labute approximate surface area is 95.8 Å². The second kappa shape index (κ2) is 3.00. The van der Waals surface area contributed by atoms with Gasteiger partial charge in [0.2, 0.25) is 0 Å². The lowest BCUT2D eigenvalue weighted by Crippen LogP contribution is -2.54. The molecule has 0 heterocycles. The minimum Gasteiger partial charge on any atom is -0.469 e. The fourth-order valence-electron chi connectivity index (χ4n) is 4.85. The molecule has 0 N–H and O–H groups in total. The van der Waals surface area contributed by atoms with Gasteiger partial charge in [-0.3, -0.25) is 4.79 Å². The predicted octanol–water partition coefficient (Wildman–Crippen LogP) is 2.27. The van der Waals surface area contributed by atoms with Crippen LogP contribution < -0.4 is 0 Å². The van der Waals surface area contributed by atoms with Crippen molar-refractivity contribution in [3.05, 3.63) is 0 Å². The molecule has 4 rings (SSSR count). The van der Waals surface area contributed by atoms with Crippen LogP contribution in [-0.2, 0) is 9.53 Å². The third kappa shape index (κ3) is 1.16. The van der Waals surface area contributed by atoms with Crippen LogP contribution in [0.25, 0.3) is 0 Å². The summed E-state index contributed by atoms with van der Waals surface area (Å²) >= 11 is 0. The average Bonchev–Trinajstić information content (AvgIpc) is 2.26. The molecule has 0 aromatic carbocycles. The lowest BCUT2D eigenvalue weighted by Gasteiger charge is -2.58. The first kappa shape index (κ1) is 10.1. The second-order valence-electron chi connectivity index (χ2n) is 6.13. The number of carbonyl (C=O) groups excluding carboxylic acids is 1. The lowest BCUT2D eigenvalue weighted by molar-refractivity contribution is -0.173. The Morgan fingerprint density at radius 1 is 1.31 bits per heavy atom. The van der Waals surface area contributed by atoms with Crippen LogP contribution >= 0.6 is 0 Å². The largest absolute Gasteiger partial charge is 0.469 e. The maximum Gasteiger partial charge on any atom is 0.311 e. The summed E-state index contributed by atoms with van der Waals surface area (Å²) in [5.41, 5.74) is -0.521. The van der Waals surface area contributed by atoms with E-state index in [1.807, 2.05) is 0 Å². The molecule has 4 aliphatic rings. The van der Waals surface area contributed by atoms with E-state index in [1.165, 1.54) is 13.5 Å². The quantitative estimate of drug-likeness (QED) is 0.636. The van der Waals surface area contributed by atoms with E-state index in [0.717, 1.165) is 32.1 Å². The van der Waals surface area contributed by atoms with Gasteiger partial charge in [-0.15, -0.1) is 0 Å². The minimum absolute atomic E-state index is 0.0683. The number of esters is 1. The second-order valence-corrected chi connectivity index (χ2v) is 6.13. The highest BCUT2D eigenvalue weighted by atomic mass is 16.5. The summed E-state index contributed by atoms with van der Waals surface area (Å²) in [7, 11) is 1.47. The first-order valence-corrected chi connectivity index (χ1v) is 6.11. The van der Waals surface area contributed by atoms with Gasteiger partial charge in [-0.25, -0.2) is 0 Å². The van der Waals surface area contributed by atoms with Gasteiger partial charge in [-0.2, -0.15) is 5.26 Å². The van der Waals surface area contributed by atoms with Crippen LogP contribution in [0.1, 0.15) is 38.5 Å². The molecule has 4 saturated carbocycles. The van der Waals surface area contributed by atoms with E-state index in [-0.39, 0.29) is 16.8 Å². The van der Waals surface area contributed by atoms with E-state index in [0.29, 0.717) is 11.8 Å². The molecular formula is C13H17NO2. The normalized spacial score (nSPS) is 48.8. The summed E-state index contributed by atoms with van der Waals surface area (Å²) in [6, 6.07) is 2.51. The summed E-state index contributed by atoms with van der Waals surface area (Å²) in [6.07, 6.45) is 5.91. The number of rotatable bonds is 1. The van der Waals surface area contributed by atoms with Gasteiger partial charge in [0.05, 0.1) is 24.0 Å². The van der Waals surface area contributed by atoms with Crippen molar-refractivity contribution in [1.82, 2.24) is 0 Å². The van der Waals surface area contributed by atoms with Gasteiger partial charge in [0.1, 0.15) is 0 Å². The molecule has 0 aromatic heterocycles. The summed E-state index contributed by atoms with van der Waals surface area (Å²) < 4.78 is 4.98. The third-order valence-electron chi connectivity index (χ3n) is 4.92. The summed E-state index contributed by atoms with van der Waals surface area (Å²) in [6.45, 7) is 0. The Morgan fingerprint density at radius 2 is 1.94 bits per heavy atom. The van der Waals surface area contributed by atoms with Gasteiger partial charge in [0.25, 0.3) is 0 Å². The van der Waals surface area contributed by atoms with Crippen molar-refractivity contribution in [3.63, 3.8) is 0 Å². The highest BCUT2D eigenvalue weighted by Crippen LogP contribution is 2.65. The van der Waals surface area contributed by atoms with Crippen molar-refractivity contribution in [3.8, 4) is 6.07 Å². The van der Waals surface area contributed by atoms with E-state index in [4.69, 9.17) is 4.74 Å². The zero-order valence-electron chi connectivity index (χ0n) is 9.66. The zero-order valence-corrected chi connectivity index (χ0v) is 9.66. The van der Waals surface area contributed by atoms with E-state index in [9.17, 15) is 10.1 Å². The highest BCUT2D eigenvalue weighted by molar-refractivity contribution is 5.77. The van der Waals surface area contributed by atoms with Crippen molar-refractivity contribution in [2.75, 3.05) is 7.11 Å². The van der Waals surface area contributed by atoms with E-state index < -0.39 is 0 Å². The first-order valence-electron chi connectivity index (χ1n) is 6.11. The molecule has 0 spiro atoms. The van der Waals surface area contributed by atoms with Crippen molar-refractivity contribution in [1.29, 1.82) is 5.26 Å². The van der Waals surface area contributed by atoms with Gasteiger partial charge >= 0.3 is 5.97 Å². The average molecular weight is 219 g/mol. The number of hydrogen-bond donors (Lipinski definition) is 0. The van der Waals surface area contributed by atoms with E-state index in [2.05, 4.69) is 6.07 Å². The SMILES string of the molecule is COC(=O)C12CC3CC(CC(C#N)(C3)C1)C2. The smallest absolute Gasteiger partial charge is 0.311 e. The molecule has 2 unspecified atom stereocenters. The van der Waals surface area contributed by atoms with Crippen LogP contribution in [0.2, 0.25) is 0 Å². The molecule has 0 aromatic rings. The van der Waals surface area contributed by atoms with Crippen LogP contribution in [0.5, 0.6) is 0 Å². The van der Waals surface area contributed by atoms with Gasteiger partial charge in [0.15, 0.2) is 0 Å². The molecule has 4 aliphatic carbocycles. The Balaban J connectivity index is 1.99. The molecular weight excluding hydrogens is 202 g/mol. The topological polar surface area (TPSA) is 50.1 Å². The third-order valence-corrected chi connectivity index (χ3v) is 4.92.